The molecule has 1 atom stereocenters. The number of benzene rings is 1. The summed E-state index contributed by atoms with van der Waals surface area (Å²) in [7, 11) is 0. The van der Waals surface area contributed by atoms with E-state index in [1.807, 2.05) is 6.92 Å². The Bertz CT molecular complexity index is 1160. The van der Waals surface area contributed by atoms with Crippen molar-refractivity contribution in [3.05, 3.63) is 66.3 Å². The van der Waals surface area contributed by atoms with Crippen molar-refractivity contribution in [2.45, 2.75) is 19.4 Å². The van der Waals surface area contributed by atoms with E-state index >= 15 is 0 Å². The number of halogens is 2. The molecule has 0 radical (unpaired) electrons. The summed E-state index contributed by atoms with van der Waals surface area (Å²) in [6.07, 6.45) is 5.34. The number of nitrogens with one attached hydrogen (secondary N) is 1. The van der Waals surface area contributed by atoms with Gasteiger partial charge in [0.05, 0.1) is 17.3 Å². The highest BCUT2D eigenvalue weighted by Gasteiger charge is 2.18. The van der Waals surface area contributed by atoms with Gasteiger partial charge in [-0.15, -0.1) is 5.10 Å². The van der Waals surface area contributed by atoms with Crippen molar-refractivity contribution in [1.29, 1.82) is 0 Å². The van der Waals surface area contributed by atoms with Crippen molar-refractivity contribution in [3.8, 4) is 11.3 Å². The van der Waals surface area contributed by atoms with Crippen LogP contribution >= 0.6 is 0 Å². The Balaban J connectivity index is 0.00000160. The van der Waals surface area contributed by atoms with Gasteiger partial charge in [0.15, 0.2) is 11.5 Å². The fraction of sp³-hybridized carbons (Fsp3) is 0.158. The lowest BCUT2D eigenvalue weighted by Gasteiger charge is -2.19. The first-order valence-corrected chi connectivity index (χ1v) is 8.69. The van der Waals surface area contributed by atoms with Gasteiger partial charge in [-0.25, -0.2) is 28.2 Å². The Morgan fingerprint density at radius 1 is 1.21 bits per heavy atom. The van der Waals surface area contributed by atoms with Crippen LogP contribution in [0.25, 0.3) is 16.9 Å². The first-order valence-electron chi connectivity index (χ1n) is 8.69. The van der Waals surface area contributed by atoms with Gasteiger partial charge in [-0.3, -0.25) is 0 Å². The molecule has 0 aliphatic rings. The molecule has 0 aliphatic carbocycles. The lowest BCUT2D eigenvalue weighted by Crippen LogP contribution is -2.13. The molecule has 3 aromatic heterocycles. The Morgan fingerprint density at radius 3 is 2.86 bits per heavy atom. The Morgan fingerprint density at radius 2 is 2.07 bits per heavy atom. The first kappa shape index (κ1) is 17.8. The number of nitrogen functional groups attached to an aromatic ring is 1. The summed E-state index contributed by atoms with van der Waals surface area (Å²) in [6, 6.07) is 6.60. The molecule has 4 rings (SSSR count). The minimum absolute atomic E-state index is 0. The third-order valence-electron chi connectivity index (χ3n) is 4.41. The maximum Gasteiger partial charge on any atom is 0.166 e. The highest BCUT2D eigenvalue weighted by Crippen LogP contribution is 2.30. The second-order valence-electron chi connectivity index (χ2n) is 6.21. The van der Waals surface area contributed by atoms with Crippen molar-refractivity contribution in [3.63, 3.8) is 0 Å². The number of nitrogens with zero attached hydrogens (tertiary/aromatic N) is 5. The molecule has 0 unspecified atom stereocenters. The second kappa shape index (κ2) is 7.18. The van der Waals surface area contributed by atoms with Crippen LogP contribution in [0, 0.1) is 11.6 Å². The zero-order valence-electron chi connectivity index (χ0n) is 15.0. The standard InChI is InChI=1S/C19H17F2N7.3H2/c1-2-14(12-5-4-11(20)8-13(12)21)26-16-9-15(24-10-25-16)17-18(22)27-28-7-3-6-23-19(17)28;;;/h3-10,14H,2H2,1H3,(H2,22,27)(H,24,25,26);3*1H/t14-;;;/m1.../s1. The van der Waals surface area contributed by atoms with Gasteiger partial charge in [0.2, 0.25) is 0 Å². The highest BCUT2D eigenvalue weighted by molar-refractivity contribution is 5.84. The van der Waals surface area contributed by atoms with Crippen LogP contribution in [0.3, 0.4) is 0 Å². The molecule has 148 valence electrons. The van der Waals surface area contributed by atoms with Gasteiger partial charge in [0.25, 0.3) is 0 Å². The fourth-order valence-electron chi connectivity index (χ4n) is 3.08. The summed E-state index contributed by atoms with van der Waals surface area (Å²) in [5.41, 5.74) is 8.11. The first-order chi connectivity index (χ1) is 13.6. The third kappa shape index (κ3) is 3.22. The Kier molecular flexibility index (Phi) is 4.56. The summed E-state index contributed by atoms with van der Waals surface area (Å²) < 4.78 is 29.0. The van der Waals surface area contributed by atoms with E-state index in [4.69, 9.17) is 5.73 Å². The summed E-state index contributed by atoms with van der Waals surface area (Å²) in [6.45, 7) is 1.90. The van der Waals surface area contributed by atoms with Crippen LogP contribution in [0.2, 0.25) is 0 Å². The van der Waals surface area contributed by atoms with Gasteiger partial charge in [-0.05, 0) is 18.6 Å². The quantitative estimate of drug-likeness (QED) is 0.529. The predicted molar refractivity (Wildman–Crippen MR) is 108 cm³/mol. The zero-order valence-corrected chi connectivity index (χ0v) is 15.0. The van der Waals surface area contributed by atoms with E-state index in [0.717, 1.165) is 6.07 Å². The third-order valence-corrected chi connectivity index (χ3v) is 4.41. The molecule has 0 fully saturated rings. The van der Waals surface area contributed by atoms with Crippen LogP contribution in [0.1, 0.15) is 29.2 Å². The van der Waals surface area contributed by atoms with E-state index in [0.29, 0.717) is 40.5 Å². The predicted octanol–water partition coefficient (Wildman–Crippen LogP) is 4.35. The van der Waals surface area contributed by atoms with Crippen LogP contribution in [-0.4, -0.2) is 24.6 Å². The van der Waals surface area contributed by atoms with Crippen LogP contribution in [0.15, 0.2) is 49.1 Å². The van der Waals surface area contributed by atoms with Crippen molar-refractivity contribution in [2.75, 3.05) is 11.1 Å². The van der Waals surface area contributed by atoms with Gasteiger partial charge in [-0.1, -0.05) is 13.0 Å². The Hall–Kier alpha value is -3.62. The number of hydrogen-bond acceptors (Lipinski definition) is 6. The maximum atomic E-state index is 14.2. The molecule has 1 aromatic carbocycles. The summed E-state index contributed by atoms with van der Waals surface area (Å²) in [5, 5.41) is 7.40. The minimum Gasteiger partial charge on any atom is -0.382 e. The normalized spacial score (nSPS) is 12.2. The maximum absolute atomic E-state index is 14.2. The van der Waals surface area contributed by atoms with Gasteiger partial charge >= 0.3 is 0 Å². The molecular weight excluding hydrogens is 364 g/mol. The largest absolute Gasteiger partial charge is 0.382 e. The summed E-state index contributed by atoms with van der Waals surface area (Å²) >= 11 is 0. The number of hydrogen-bond donors (Lipinski definition) is 2. The number of anilines is 2. The Labute approximate surface area is 163 Å². The topological polar surface area (TPSA) is 94.0 Å². The molecule has 28 heavy (non-hydrogen) atoms. The molecule has 0 spiro atoms. The van der Waals surface area contributed by atoms with E-state index in [1.54, 1.807) is 29.0 Å². The highest BCUT2D eigenvalue weighted by atomic mass is 19.1. The fourth-order valence-corrected chi connectivity index (χ4v) is 3.08. The summed E-state index contributed by atoms with van der Waals surface area (Å²) in [4.78, 5) is 12.8. The molecule has 0 amide bonds. The minimum atomic E-state index is -0.614. The number of nitrogens with two attached hydrogens (primary N) is 1. The van der Waals surface area contributed by atoms with Crippen LogP contribution in [-0.2, 0) is 0 Å². The lowest BCUT2D eigenvalue weighted by molar-refractivity contribution is 0.558. The van der Waals surface area contributed by atoms with Gasteiger partial charge in [-0.2, -0.15) is 0 Å². The monoisotopic (exact) mass is 387 g/mol. The molecule has 0 aliphatic heterocycles. The average molecular weight is 387 g/mol. The van der Waals surface area contributed by atoms with Crippen LogP contribution in [0.5, 0.6) is 0 Å². The van der Waals surface area contributed by atoms with Crippen molar-refractivity contribution in [2.24, 2.45) is 0 Å². The van der Waals surface area contributed by atoms with Crippen molar-refractivity contribution < 1.29 is 13.1 Å². The van der Waals surface area contributed by atoms with E-state index in [1.165, 1.54) is 18.5 Å². The molecular formula is C19H23F2N7. The zero-order chi connectivity index (χ0) is 19.7. The number of fused-ring (bicyclic) bond motifs is 1. The van der Waals surface area contributed by atoms with Gasteiger partial charge in [0.1, 0.15) is 23.8 Å². The molecule has 0 bridgehead atoms. The SMILES string of the molecule is CC[C@@H](Nc1cc(-c2c(N)nn3cccnc23)ncn1)c1ccc(F)cc1F.[HH].[HH].[HH]. The average Bonchev–Trinajstić information content (AvgIpc) is 3.02. The van der Waals surface area contributed by atoms with Gasteiger partial charge < -0.3 is 11.1 Å². The summed E-state index contributed by atoms with van der Waals surface area (Å²) in [5.74, 6) is -0.448. The van der Waals surface area contributed by atoms with Crippen molar-refractivity contribution in [1.82, 2.24) is 24.6 Å². The molecule has 0 saturated heterocycles. The lowest BCUT2D eigenvalue weighted by atomic mass is 10.0. The van der Waals surface area contributed by atoms with Gasteiger partial charge in [0, 0.05) is 34.4 Å². The van der Waals surface area contributed by atoms with E-state index in [2.05, 4.69) is 25.4 Å². The number of aromatic nitrogens is 5. The smallest absolute Gasteiger partial charge is 0.166 e. The molecule has 0 saturated carbocycles. The molecule has 4 aromatic rings. The van der Waals surface area contributed by atoms with E-state index in [-0.39, 0.29) is 10.3 Å². The second-order valence-corrected chi connectivity index (χ2v) is 6.21. The van der Waals surface area contributed by atoms with E-state index < -0.39 is 11.6 Å². The van der Waals surface area contributed by atoms with Crippen LogP contribution < -0.4 is 11.1 Å². The van der Waals surface area contributed by atoms with Crippen LogP contribution in [0.4, 0.5) is 20.4 Å². The molecule has 9 heteroatoms. The molecule has 3 heterocycles. The van der Waals surface area contributed by atoms with Crippen molar-refractivity contribution >= 4 is 17.3 Å². The molecule has 7 nitrogen and oxygen atoms in total. The number of rotatable bonds is 5. The van der Waals surface area contributed by atoms with E-state index in [9.17, 15) is 8.78 Å². The molecule has 3 N–H and O–H groups in total.